The van der Waals surface area contributed by atoms with Gasteiger partial charge in [-0.2, -0.15) is 0 Å². The van der Waals surface area contributed by atoms with Gasteiger partial charge in [-0.3, -0.25) is 19.4 Å². The quantitative estimate of drug-likeness (QED) is 0.760. The van der Waals surface area contributed by atoms with Gasteiger partial charge in [-0.15, -0.1) is 0 Å². The fraction of sp³-hybridized carbons (Fsp3) is 0.556. The summed E-state index contributed by atoms with van der Waals surface area (Å²) in [5.74, 6) is -0.348. The number of hydrogen-bond donors (Lipinski definition) is 2. The van der Waals surface area contributed by atoms with E-state index in [0.717, 1.165) is 0 Å². The number of nitrogens with two attached hydrogens (primary N) is 1. The lowest BCUT2D eigenvalue weighted by atomic mass is 10.0. The number of halogens is 1. The van der Waals surface area contributed by atoms with Crippen molar-refractivity contribution in [3.05, 3.63) is 35.6 Å². The lowest BCUT2D eigenvalue weighted by Crippen LogP contribution is -2.52. The standard InChI is InChI=1S/C18H27FN4O2/c1-13(2)11-21-16(24)12-22-7-9-23(10-8-22)17(18(20)25)14-3-5-15(19)6-4-14/h3-6,13,17H,7-12H2,1-2H3,(H2,20,25)(H,21,24)/t17-/m0/s1. The monoisotopic (exact) mass is 350 g/mol. The average molecular weight is 350 g/mol. The molecule has 0 aliphatic carbocycles. The molecule has 0 aromatic heterocycles. The van der Waals surface area contributed by atoms with E-state index in [9.17, 15) is 14.0 Å². The Kier molecular flexibility index (Phi) is 6.90. The van der Waals surface area contributed by atoms with E-state index in [1.807, 2.05) is 4.90 Å². The highest BCUT2D eigenvalue weighted by molar-refractivity contribution is 5.81. The van der Waals surface area contributed by atoms with Crippen molar-refractivity contribution >= 4 is 11.8 Å². The Labute approximate surface area is 148 Å². The summed E-state index contributed by atoms with van der Waals surface area (Å²) in [4.78, 5) is 27.9. The van der Waals surface area contributed by atoms with Crippen molar-refractivity contribution in [1.82, 2.24) is 15.1 Å². The molecule has 1 saturated heterocycles. The van der Waals surface area contributed by atoms with E-state index in [1.165, 1.54) is 12.1 Å². The van der Waals surface area contributed by atoms with Crippen LogP contribution in [0.15, 0.2) is 24.3 Å². The maximum atomic E-state index is 13.1. The molecule has 3 N–H and O–H groups in total. The van der Waals surface area contributed by atoms with Gasteiger partial charge < -0.3 is 11.1 Å². The third kappa shape index (κ3) is 5.79. The number of nitrogens with zero attached hydrogens (tertiary/aromatic N) is 2. The van der Waals surface area contributed by atoms with Gasteiger partial charge in [0.25, 0.3) is 0 Å². The minimum atomic E-state index is -0.572. The molecule has 1 aliphatic rings. The van der Waals surface area contributed by atoms with Crippen molar-refractivity contribution in [2.75, 3.05) is 39.3 Å². The molecule has 25 heavy (non-hydrogen) atoms. The van der Waals surface area contributed by atoms with Crippen molar-refractivity contribution in [2.24, 2.45) is 11.7 Å². The second-order valence-corrected chi connectivity index (χ2v) is 6.87. The number of benzene rings is 1. The molecule has 0 unspecified atom stereocenters. The van der Waals surface area contributed by atoms with Crippen LogP contribution in [0.2, 0.25) is 0 Å². The van der Waals surface area contributed by atoms with Crippen LogP contribution >= 0.6 is 0 Å². The lowest BCUT2D eigenvalue weighted by molar-refractivity contribution is -0.126. The normalized spacial score (nSPS) is 17.4. The van der Waals surface area contributed by atoms with Gasteiger partial charge in [-0.1, -0.05) is 26.0 Å². The van der Waals surface area contributed by atoms with Gasteiger partial charge in [0.05, 0.1) is 6.54 Å². The molecule has 1 heterocycles. The summed E-state index contributed by atoms with van der Waals surface area (Å²) in [5, 5.41) is 2.91. The number of piperazine rings is 1. The third-order valence-corrected chi connectivity index (χ3v) is 4.30. The van der Waals surface area contributed by atoms with Crippen molar-refractivity contribution < 1.29 is 14.0 Å². The summed E-state index contributed by atoms with van der Waals surface area (Å²) >= 11 is 0. The Hall–Kier alpha value is -1.99. The smallest absolute Gasteiger partial charge is 0.239 e. The van der Waals surface area contributed by atoms with Crippen molar-refractivity contribution in [2.45, 2.75) is 19.9 Å². The molecular formula is C18H27FN4O2. The van der Waals surface area contributed by atoms with Gasteiger partial charge >= 0.3 is 0 Å². The maximum absolute atomic E-state index is 13.1. The number of rotatable bonds is 7. The van der Waals surface area contributed by atoms with Gasteiger partial charge in [-0.05, 0) is 23.6 Å². The lowest BCUT2D eigenvalue weighted by Gasteiger charge is -2.38. The largest absolute Gasteiger partial charge is 0.368 e. The number of nitrogens with one attached hydrogen (secondary N) is 1. The SMILES string of the molecule is CC(C)CNC(=O)CN1CCN([C@H](C(N)=O)c2ccc(F)cc2)CC1. The molecule has 0 bridgehead atoms. The maximum Gasteiger partial charge on any atom is 0.239 e. The zero-order valence-electron chi connectivity index (χ0n) is 14.9. The molecule has 138 valence electrons. The molecule has 1 atom stereocenters. The zero-order chi connectivity index (χ0) is 18.4. The van der Waals surface area contributed by atoms with Gasteiger partial charge in [0.15, 0.2) is 0 Å². The van der Waals surface area contributed by atoms with E-state index in [4.69, 9.17) is 5.73 Å². The van der Waals surface area contributed by atoms with Gasteiger partial charge in [0, 0.05) is 32.7 Å². The summed E-state index contributed by atoms with van der Waals surface area (Å²) in [6, 6.07) is 5.28. The molecule has 2 rings (SSSR count). The van der Waals surface area contributed by atoms with Gasteiger partial charge in [0.1, 0.15) is 11.9 Å². The van der Waals surface area contributed by atoms with E-state index >= 15 is 0 Å². The number of amides is 2. The Balaban J connectivity index is 1.89. The molecule has 1 aromatic rings. The zero-order valence-corrected chi connectivity index (χ0v) is 14.9. The second kappa shape index (κ2) is 8.92. The predicted molar refractivity (Wildman–Crippen MR) is 94.2 cm³/mol. The first-order valence-corrected chi connectivity index (χ1v) is 8.64. The number of carbonyl (C=O) groups excluding carboxylic acids is 2. The molecular weight excluding hydrogens is 323 g/mol. The van der Waals surface area contributed by atoms with Crippen LogP contribution in [0.5, 0.6) is 0 Å². The van der Waals surface area contributed by atoms with Crippen LogP contribution in [0, 0.1) is 11.7 Å². The third-order valence-electron chi connectivity index (χ3n) is 4.30. The Morgan fingerprint density at radius 2 is 1.76 bits per heavy atom. The van der Waals surface area contributed by atoms with Crippen LogP contribution in [0.25, 0.3) is 0 Å². The topological polar surface area (TPSA) is 78.7 Å². The Morgan fingerprint density at radius 1 is 1.16 bits per heavy atom. The second-order valence-electron chi connectivity index (χ2n) is 6.87. The molecule has 2 amide bonds. The minimum absolute atomic E-state index is 0.0205. The molecule has 1 aliphatic heterocycles. The van der Waals surface area contributed by atoms with E-state index in [0.29, 0.717) is 50.7 Å². The Morgan fingerprint density at radius 3 is 2.28 bits per heavy atom. The molecule has 0 saturated carbocycles. The first-order valence-electron chi connectivity index (χ1n) is 8.64. The Bertz CT molecular complexity index is 583. The van der Waals surface area contributed by atoms with Crippen LogP contribution in [0.4, 0.5) is 4.39 Å². The number of primary amides is 1. The van der Waals surface area contributed by atoms with Crippen LogP contribution in [-0.2, 0) is 9.59 Å². The molecule has 1 aromatic carbocycles. The molecule has 1 fully saturated rings. The van der Waals surface area contributed by atoms with Crippen molar-refractivity contribution in [3.8, 4) is 0 Å². The summed E-state index contributed by atoms with van der Waals surface area (Å²) in [6.45, 7) is 7.76. The predicted octanol–water partition coefficient (Wildman–Crippen LogP) is 0.742. The first kappa shape index (κ1) is 19.3. The van der Waals surface area contributed by atoms with Crippen LogP contribution < -0.4 is 11.1 Å². The highest BCUT2D eigenvalue weighted by Crippen LogP contribution is 2.22. The van der Waals surface area contributed by atoms with Gasteiger partial charge in [0.2, 0.25) is 11.8 Å². The van der Waals surface area contributed by atoms with E-state index in [-0.39, 0.29) is 11.7 Å². The molecule has 0 spiro atoms. The van der Waals surface area contributed by atoms with Crippen molar-refractivity contribution in [1.29, 1.82) is 0 Å². The highest BCUT2D eigenvalue weighted by atomic mass is 19.1. The van der Waals surface area contributed by atoms with Crippen LogP contribution in [0.1, 0.15) is 25.5 Å². The van der Waals surface area contributed by atoms with E-state index in [1.54, 1.807) is 12.1 Å². The fourth-order valence-corrected chi connectivity index (χ4v) is 2.96. The highest BCUT2D eigenvalue weighted by Gasteiger charge is 2.29. The van der Waals surface area contributed by atoms with Gasteiger partial charge in [-0.25, -0.2) is 4.39 Å². The molecule has 7 heteroatoms. The van der Waals surface area contributed by atoms with Crippen LogP contribution in [0.3, 0.4) is 0 Å². The molecule has 0 radical (unpaired) electrons. The molecule has 6 nitrogen and oxygen atoms in total. The van der Waals surface area contributed by atoms with E-state index < -0.39 is 11.9 Å². The first-order chi connectivity index (χ1) is 11.9. The average Bonchev–Trinajstić information content (AvgIpc) is 2.56. The number of hydrogen-bond acceptors (Lipinski definition) is 4. The fourth-order valence-electron chi connectivity index (χ4n) is 2.96. The minimum Gasteiger partial charge on any atom is -0.368 e. The summed E-state index contributed by atoms with van der Waals surface area (Å²) in [7, 11) is 0. The number of carbonyl (C=O) groups is 2. The van der Waals surface area contributed by atoms with Crippen molar-refractivity contribution in [3.63, 3.8) is 0 Å². The summed E-state index contributed by atoms with van der Waals surface area (Å²) < 4.78 is 13.1. The van der Waals surface area contributed by atoms with Crippen LogP contribution in [-0.4, -0.2) is 60.9 Å². The summed E-state index contributed by atoms with van der Waals surface area (Å²) in [6.07, 6.45) is 0. The summed E-state index contributed by atoms with van der Waals surface area (Å²) in [5.41, 5.74) is 6.26. The van der Waals surface area contributed by atoms with E-state index in [2.05, 4.69) is 24.1 Å².